The van der Waals surface area contributed by atoms with Gasteiger partial charge in [-0.05, 0) is 18.2 Å². The Kier molecular flexibility index (Phi) is 8.94. The Bertz CT molecular complexity index is 1080. The smallest absolute Gasteiger partial charge is 0.340 e. The van der Waals surface area contributed by atoms with Gasteiger partial charge in [0.25, 0.3) is 11.4 Å². The van der Waals surface area contributed by atoms with Gasteiger partial charge in [-0.2, -0.15) is 0 Å². The number of nitro benzene ring substituents is 2. The van der Waals surface area contributed by atoms with Crippen molar-refractivity contribution in [1.29, 1.82) is 0 Å². The second kappa shape index (κ2) is 11.4. The van der Waals surface area contributed by atoms with E-state index in [0.29, 0.717) is 0 Å². The van der Waals surface area contributed by atoms with Crippen LogP contribution in [0.15, 0.2) is 42.5 Å². The van der Waals surface area contributed by atoms with Crippen LogP contribution in [0.5, 0.6) is 0 Å². The molecule has 11 nitrogen and oxygen atoms in total. The Hall–Kier alpha value is -3.45. The summed E-state index contributed by atoms with van der Waals surface area (Å²) >= 11 is 8.86. The minimum Gasteiger partial charge on any atom is -0.461 e. The fraction of sp³-hybridized carbons (Fsp3) is 0.211. The van der Waals surface area contributed by atoms with E-state index in [0.717, 1.165) is 42.5 Å². The summed E-state index contributed by atoms with van der Waals surface area (Å²) in [6.07, 6.45) is -4.18. The first-order valence-electron chi connectivity index (χ1n) is 8.85. The van der Waals surface area contributed by atoms with E-state index in [1.54, 1.807) is 0 Å². The Morgan fingerprint density at radius 1 is 1.06 bits per heavy atom. The third-order valence-corrected chi connectivity index (χ3v) is 5.21. The first-order valence-corrected chi connectivity index (χ1v) is 10.1. The number of hydrogen-bond acceptors (Lipinski definition) is 9. The average molecular weight is 548 g/mol. The zero-order valence-corrected chi connectivity index (χ0v) is 18.6. The normalized spacial score (nSPS) is 13.3. The molecule has 0 amide bonds. The number of carbonyl (C=O) groups excluding carboxylic acids is 3. The molecular weight excluding hydrogens is 535 g/mol. The maximum atomic E-state index is 14.2. The van der Waals surface area contributed by atoms with Gasteiger partial charge in [0.15, 0.2) is 18.6 Å². The van der Waals surface area contributed by atoms with Gasteiger partial charge in [-0.15, -0.1) is 0 Å². The van der Waals surface area contributed by atoms with Crippen LogP contribution < -0.4 is 0 Å². The van der Waals surface area contributed by atoms with Crippen LogP contribution in [-0.2, 0) is 14.3 Å². The molecule has 0 aliphatic heterocycles. The summed E-state index contributed by atoms with van der Waals surface area (Å²) in [6, 6.07) is 7.38. The standard InChI is InChI=1S/C19H13BrClFN2O9/c20-14(9-32-18(26)10-1-3-11(4-2-10)23(28)29)17(16(22)8-25)33-19(27)13-6-5-12(24(30)31)7-15(13)21/h1-8,14,16-17H,9H2/t14-,16+,17+/m0/s1. The predicted octanol–water partition coefficient (Wildman–Crippen LogP) is 3.84. The number of aldehydes is 1. The lowest BCUT2D eigenvalue weighted by Crippen LogP contribution is -2.39. The van der Waals surface area contributed by atoms with Gasteiger partial charge in [0.2, 0.25) is 0 Å². The van der Waals surface area contributed by atoms with E-state index < -0.39 is 45.5 Å². The van der Waals surface area contributed by atoms with Crippen LogP contribution in [0.3, 0.4) is 0 Å². The Balaban J connectivity index is 2.08. The van der Waals surface area contributed by atoms with Gasteiger partial charge in [-0.25, -0.2) is 14.0 Å². The summed E-state index contributed by atoms with van der Waals surface area (Å²) in [5.74, 6) is -2.07. The van der Waals surface area contributed by atoms with E-state index >= 15 is 0 Å². The quantitative estimate of drug-likeness (QED) is 0.142. The lowest BCUT2D eigenvalue weighted by Gasteiger charge is -2.23. The monoisotopic (exact) mass is 546 g/mol. The molecule has 0 bridgehead atoms. The number of ether oxygens (including phenoxy) is 2. The number of carbonyl (C=O) groups is 3. The number of rotatable bonds is 10. The van der Waals surface area contributed by atoms with Crippen molar-refractivity contribution >= 4 is 57.1 Å². The van der Waals surface area contributed by atoms with E-state index in [9.17, 15) is 39.0 Å². The van der Waals surface area contributed by atoms with E-state index in [-0.39, 0.29) is 33.8 Å². The van der Waals surface area contributed by atoms with Crippen molar-refractivity contribution in [1.82, 2.24) is 0 Å². The number of nitro groups is 2. The number of hydrogen-bond donors (Lipinski definition) is 0. The zero-order valence-electron chi connectivity index (χ0n) is 16.3. The van der Waals surface area contributed by atoms with E-state index in [1.165, 1.54) is 0 Å². The van der Waals surface area contributed by atoms with Gasteiger partial charge in [0.1, 0.15) is 6.61 Å². The third-order valence-electron chi connectivity index (χ3n) is 4.11. The van der Waals surface area contributed by atoms with Crippen LogP contribution in [0.25, 0.3) is 0 Å². The topological polar surface area (TPSA) is 156 Å². The average Bonchev–Trinajstić information content (AvgIpc) is 2.79. The third kappa shape index (κ3) is 6.76. The van der Waals surface area contributed by atoms with Crippen molar-refractivity contribution in [3.8, 4) is 0 Å². The molecule has 0 unspecified atom stereocenters. The second-order valence-electron chi connectivity index (χ2n) is 6.29. The van der Waals surface area contributed by atoms with Crippen molar-refractivity contribution in [3.05, 3.63) is 78.8 Å². The van der Waals surface area contributed by atoms with Gasteiger partial charge in [-0.1, -0.05) is 27.5 Å². The fourth-order valence-electron chi connectivity index (χ4n) is 2.44. The van der Waals surface area contributed by atoms with Gasteiger partial charge < -0.3 is 9.47 Å². The van der Waals surface area contributed by atoms with Crippen LogP contribution >= 0.6 is 27.5 Å². The highest BCUT2D eigenvalue weighted by molar-refractivity contribution is 9.09. The predicted molar refractivity (Wildman–Crippen MR) is 114 cm³/mol. The Labute approximate surface area is 197 Å². The molecule has 3 atom stereocenters. The summed E-state index contributed by atoms with van der Waals surface area (Å²) in [7, 11) is 0. The first kappa shape index (κ1) is 25.8. The molecule has 33 heavy (non-hydrogen) atoms. The van der Waals surface area contributed by atoms with Crippen LogP contribution in [0.4, 0.5) is 15.8 Å². The molecular formula is C19H13BrClFN2O9. The lowest BCUT2D eigenvalue weighted by atomic mass is 10.1. The molecule has 0 N–H and O–H groups in total. The number of esters is 2. The number of nitrogens with zero attached hydrogens (tertiary/aromatic N) is 2. The highest BCUT2D eigenvalue weighted by Gasteiger charge is 2.34. The molecule has 0 fully saturated rings. The molecule has 2 aromatic rings. The Morgan fingerprint density at radius 3 is 2.15 bits per heavy atom. The first-order chi connectivity index (χ1) is 15.5. The molecule has 0 aromatic heterocycles. The highest BCUT2D eigenvalue weighted by Crippen LogP contribution is 2.25. The van der Waals surface area contributed by atoms with Crippen LogP contribution in [0.1, 0.15) is 20.7 Å². The molecule has 0 spiro atoms. The molecule has 2 rings (SSSR count). The lowest BCUT2D eigenvalue weighted by molar-refractivity contribution is -0.385. The fourth-order valence-corrected chi connectivity index (χ4v) is 3.22. The molecule has 14 heteroatoms. The van der Waals surface area contributed by atoms with Gasteiger partial charge >= 0.3 is 11.9 Å². The summed E-state index contributed by atoms with van der Waals surface area (Å²) in [4.78, 5) is 54.3. The van der Waals surface area contributed by atoms with E-state index in [2.05, 4.69) is 15.9 Å². The molecule has 2 aromatic carbocycles. The maximum Gasteiger partial charge on any atom is 0.340 e. The highest BCUT2D eigenvalue weighted by atomic mass is 79.9. The van der Waals surface area contributed by atoms with Crippen LogP contribution in [-0.4, -0.2) is 51.8 Å². The SMILES string of the molecule is O=C[C@@H](F)[C@H](OC(=O)c1ccc([N+](=O)[O-])cc1Cl)[C@@H](Br)COC(=O)c1ccc([N+](=O)[O-])cc1. The zero-order chi connectivity index (χ0) is 24.7. The summed E-state index contributed by atoms with van der Waals surface area (Å²) in [6.45, 7) is -0.546. The molecule has 0 saturated carbocycles. The molecule has 0 aliphatic rings. The second-order valence-corrected chi connectivity index (χ2v) is 7.87. The van der Waals surface area contributed by atoms with Crippen molar-refractivity contribution in [2.45, 2.75) is 17.1 Å². The molecule has 0 aliphatic carbocycles. The van der Waals surface area contributed by atoms with Gasteiger partial charge in [0.05, 0.1) is 30.8 Å². The molecule has 0 radical (unpaired) electrons. The summed E-state index contributed by atoms with van der Waals surface area (Å²) < 4.78 is 24.1. The van der Waals surface area contributed by atoms with Crippen molar-refractivity contribution in [2.75, 3.05) is 6.61 Å². The Morgan fingerprint density at radius 2 is 1.64 bits per heavy atom. The largest absolute Gasteiger partial charge is 0.461 e. The number of halogens is 3. The van der Waals surface area contributed by atoms with Crippen molar-refractivity contribution in [3.63, 3.8) is 0 Å². The van der Waals surface area contributed by atoms with Gasteiger partial charge in [0, 0.05) is 24.3 Å². The number of benzene rings is 2. The minimum absolute atomic E-state index is 0.0290. The number of non-ortho nitro benzene ring substituents is 2. The molecule has 0 saturated heterocycles. The summed E-state index contributed by atoms with van der Waals surface area (Å²) in [5, 5.41) is 21.1. The summed E-state index contributed by atoms with van der Waals surface area (Å²) in [5.41, 5.74) is -0.972. The minimum atomic E-state index is -2.31. The van der Waals surface area contributed by atoms with Gasteiger partial charge in [-0.3, -0.25) is 25.0 Å². The van der Waals surface area contributed by atoms with Crippen LogP contribution in [0, 0.1) is 20.2 Å². The van der Waals surface area contributed by atoms with Crippen LogP contribution in [0.2, 0.25) is 5.02 Å². The number of alkyl halides is 2. The maximum absolute atomic E-state index is 14.2. The van der Waals surface area contributed by atoms with E-state index in [1.807, 2.05) is 0 Å². The molecule has 174 valence electrons. The van der Waals surface area contributed by atoms with E-state index in [4.69, 9.17) is 21.1 Å². The molecule has 0 heterocycles. The van der Waals surface area contributed by atoms with Crippen molar-refractivity contribution in [2.24, 2.45) is 0 Å². The van der Waals surface area contributed by atoms with Crippen molar-refractivity contribution < 1.29 is 38.1 Å².